The molecule has 4 aromatic rings. The van der Waals surface area contributed by atoms with E-state index >= 15 is 0 Å². The number of nitrogens with one attached hydrogen (secondary N) is 1. The molecular weight excluding hydrogens is 502 g/mol. The highest BCUT2D eigenvalue weighted by Gasteiger charge is 2.20. The molecule has 1 unspecified atom stereocenters. The minimum Gasteiger partial charge on any atom is -0.483 e. The van der Waals surface area contributed by atoms with E-state index in [0.29, 0.717) is 16.8 Å². The molecular formula is C28H33N5O2S2. The van der Waals surface area contributed by atoms with Crippen LogP contribution >= 0.6 is 23.1 Å². The van der Waals surface area contributed by atoms with Crippen molar-refractivity contribution in [2.45, 2.75) is 64.8 Å². The maximum absolute atomic E-state index is 12.6. The predicted octanol–water partition coefficient (Wildman–Crippen LogP) is 6.90. The van der Waals surface area contributed by atoms with Crippen molar-refractivity contribution in [3.8, 4) is 17.0 Å². The number of carbonyl (C=O) groups excluding carboxylic acids is 1. The lowest BCUT2D eigenvalue weighted by molar-refractivity contribution is -0.113. The lowest BCUT2D eigenvalue weighted by Crippen LogP contribution is -2.15. The number of benzene rings is 2. The van der Waals surface area contributed by atoms with Crippen LogP contribution in [0.15, 0.2) is 59.1 Å². The minimum absolute atomic E-state index is 0.0912. The first-order valence-corrected chi connectivity index (χ1v) is 14.2. The van der Waals surface area contributed by atoms with Crippen molar-refractivity contribution < 1.29 is 9.53 Å². The maximum atomic E-state index is 12.6. The Morgan fingerprint density at radius 1 is 1.11 bits per heavy atom. The number of anilines is 1. The van der Waals surface area contributed by atoms with Gasteiger partial charge in [-0.1, -0.05) is 74.5 Å². The number of thioether (sulfide) groups is 1. The number of amides is 1. The van der Waals surface area contributed by atoms with Gasteiger partial charge in [0.1, 0.15) is 5.75 Å². The number of carbonyl (C=O) groups is 1. The summed E-state index contributed by atoms with van der Waals surface area (Å²) in [6, 6.07) is 16.3. The standard InChI is InChI=1S/C28H33N5O2S2/c1-7-33-25(19(3)35-22-14-12-21(13-15-22)28(4,5)6)31-32-27(33)37-17-24(34)30-26-29-23(16-36-26)20-10-8-18(2)9-11-20/h8-16,19H,7,17H2,1-6H3,(H,29,30,34). The molecule has 0 radical (unpaired) electrons. The Labute approximate surface area is 226 Å². The molecule has 4 rings (SSSR count). The fourth-order valence-electron chi connectivity index (χ4n) is 3.77. The van der Waals surface area contributed by atoms with Crippen molar-refractivity contribution in [2.24, 2.45) is 0 Å². The van der Waals surface area contributed by atoms with Crippen LogP contribution in [-0.2, 0) is 16.8 Å². The van der Waals surface area contributed by atoms with Crippen molar-refractivity contribution in [1.29, 1.82) is 0 Å². The first-order valence-electron chi connectivity index (χ1n) is 12.3. The Hall–Kier alpha value is -3.17. The van der Waals surface area contributed by atoms with Crippen molar-refractivity contribution >= 4 is 34.1 Å². The Morgan fingerprint density at radius 2 is 1.81 bits per heavy atom. The Morgan fingerprint density at radius 3 is 2.46 bits per heavy atom. The summed E-state index contributed by atoms with van der Waals surface area (Å²) >= 11 is 2.77. The number of hydrogen-bond donors (Lipinski definition) is 1. The summed E-state index contributed by atoms with van der Waals surface area (Å²) in [6.45, 7) is 13.3. The highest BCUT2D eigenvalue weighted by Crippen LogP contribution is 2.29. The van der Waals surface area contributed by atoms with Crippen LogP contribution in [0.1, 0.15) is 57.7 Å². The molecule has 7 nitrogen and oxygen atoms in total. The second-order valence-electron chi connectivity index (χ2n) is 9.86. The predicted molar refractivity (Wildman–Crippen MR) is 152 cm³/mol. The first kappa shape index (κ1) is 26.9. The van der Waals surface area contributed by atoms with Crippen LogP contribution < -0.4 is 10.1 Å². The van der Waals surface area contributed by atoms with Gasteiger partial charge >= 0.3 is 0 Å². The summed E-state index contributed by atoms with van der Waals surface area (Å²) in [5.74, 6) is 1.59. The van der Waals surface area contributed by atoms with Gasteiger partial charge in [0, 0.05) is 17.5 Å². The molecule has 0 aliphatic rings. The largest absolute Gasteiger partial charge is 0.483 e. The molecule has 1 N–H and O–H groups in total. The van der Waals surface area contributed by atoms with Gasteiger partial charge in [0.25, 0.3) is 0 Å². The second kappa shape index (κ2) is 11.5. The van der Waals surface area contributed by atoms with Crippen LogP contribution in [-0.4, -0.2) is 31.4 Å². The van der Waals surface area contributed by atoms with Crippen molar-refractivity contribution in [3.63, 3.8) is 0 Å². The Kier molecular flexibility index (Phi) is 8.34. The van der Waals surface area contributed by atoms with E-state index in [4.69, 9.17) is 4.74 Å². The van der Waals surface area contributed by atoms with Crippen LogP contribution in [0.5, 0.6) is 5.75 Å². The number of aryl methyl sites for hydroxylation is 1. The average Bonchev–Trinajstić information content (AvgIpc) is 3.50. The highest BCUT2D eigenvalue weighted by molar-refractivity contribution is 7.99. The SMILES string of the molecule is CCn1c(SCC(=O)Nc2nc(-c3ccc(C)cc3)cs2)nnc1C(C)Oc1ccc(C(C)(C)C)cc1. The lowest BCUT2D eigenvalue weighted by atomic mass is 9.87. The van der Waals surface area contributed by atoms with E-state index in [-0.39, 0.29) is 23.2 Å². The highest BCUT2D eigenvalue weighted by atomic mass is 32.2. The maximum Gasteiger partial charge on any atom is 0.236 e. The fraction of sp³-hybridized carbons (Fsp3) is 0.357. The molecule has 0 saturated heterocycles. The molecule has 9 heteroatoms. The van der Waals surface area contributed by atoms with Crippen LogP contribution in [0.25, 0.3) is 11.3 Å². The van der Waals surface area contributed by atoms with Crippen LogP contribution in [0.3, 0.4) is 0 Å². The molecule has 1 atom stereocenters. The average molecular weight is 536 g/mol. The van der Waals surface area contributed by atoms with E-state index in [9.17, 15) is 4.79 Å². The van der Waals surface area contributed by atoms with Gasteiger partial charge in [-0.25, -0.2) is 4.98 Å². The quantitative estimate of drug-likeness (QED) is 0.235. The van der Waals surface area contributed by atoms with E-state index in [0.717, 1.165) is 22.8 Å². The summed E-state index contributed by atoms with van der Waals surface area (Å²) < 4.78 is 8.15. The first-order chi connectivity index (χ1) is 17.6. The molecule has 0 aliphatic carbocycles. The normalized spacial score (nSPS) is 12.4. The van der Waals surface area contributed by atoms with Gasteiger partial charge in [-0.3, -0.25) is 4.79 Å². The third-order valence-electron chi connectivity index (χ3n) is 5.89. The van der Waals surface area contributed by atoms with Gasteiger partial charge in [-0.15, -0.1) is 21.5 Å². The summed E-state index contributed by atoms with van der Waals surface area (Å²) in [5, 5.41) is 14.8. The van der Waals surface area contributed by atoms with Crippen molar-refractivity contribution in [1.82, 2.24) is 19.7 Å². The molecule has 0 fully saturated rings. The van der Waals surface area contributed by atoms with Gasteiger partial charge < -0.3 is 14.6 Å². The van der Waals surface area contributed by atoms with Gasteiger partial charge in [0.15, 0.2) is 22.2 Å². The number of nitrogens with zero attached hydrogens (tertiary/aromatic N) is 4. The number of rotatable bonds is 9. The van der Waals surface area contributed by atoms with Gasteiger partial charge in [-0.2, -0.15) is 0 Å². The van der Waals surface area contributed by atoms with E-state index < -0.39 is 0 Å². The van der Waals surface area contributed by atoms with E-state index in [2.05, 4.69) is 72.5 Å². The molecule has 2 aromatic carbocycles. The van der Waals surface area contributed by atoms with Crippen LogP contribution in [0.2, 0.25) is 0 Å². The monoisotopic (exact) mass is 535 g/mol. The molecule has 0 saturated carbocycles. The summed E-state index contributed by atoms with van der Waals surface area (Å²) in [4.78, 5) is 17.2. The zero-order valence-corrected chi connectivity index (χ0v) is 23.7. The van der Waals surface area contributed by atoms with E-state index in [1.807, 2.05) is 48.1 Å². The van der Waals surface area contributed by atoms with Gasteiger partial charge in [0.05, 0.1) is 11.4 Å². The third kappa shape index (κ3) is 6.78. The fourth-order valence-corrected chi connectivity index (χ4v) is 5.31. The Bertz CT molecular complexity index is 1340. The topological polar surface area (TPSA) is 81.9 Å². The summed E-state index contributed by atoms with van der Waals surface area (Å²) in [6.07, 6.45) is -0.286. The van der Waals surface area contributed by atoms with Gasteiger partial charge in [0.2, 0.25) is 5.91 Å². The molecule has 0 aliphatic heterocycles. The summed E-state index contributed by atoms with van der Waals surface area (Å²) in [5.41, 5.74) is 4.43. The zero-order chi connectivity index (χ0) is 26.6. The van der Waals surface area contributed by atoms with E-state index in [1.165, 1.54) is 34.2 Å². The van der Waals surface area contributed by atoms with Crippen molar-refractivity contribution in [3.05, 3.63) is 70.9 Å². The second-order valence-corrected chi connectivity index (χ2v) is 11.7. The number of hydrogen-bond acceptors (Lipinski definition) is 7. The Balaban J connectivity index is 1.35. The van der Waals surface area contributed by atoms with Crippen molar-refractivity contribution in [2.75, 3.05) is 11.1 Å². The molecule has 2 heterocycles. The summed E-state index contributed by atoms with van der Waals surface area (Å²) in [7, 11) is 0. The zero-order valence-electron chi connectivity index (χ0n) is 22.1. The molecule has 194 valence electrons. The molecule has 37 heavy (non-hydrogen) atoms. The molecule has 0 spiro atoms. The number of ether oxygens (including phenoxy) is 1. The van der Waals surface area contributed by atoms with Crippen LogP contribution in [0.4, 0.5) is 5.13 Å². The van der Waals surface area contributed by atoms with Gasteiger partial charge in [-0.05, 0) is 43.9 Å². The lowest BCUT2D eigenvalue weighted by Gasteiger charge is -2.20. The van der Waals surface area contributed by atoms with E-state index in [1.54, 1.807) is 0 Å². The smallest absolute Gasteiger partial charge is 0.236 e. The number of thiazole rings is 1. The minimum atomic E-state index is -0.286. The van der Waals surface area contributed by atoms with Crippen LogP contribution in [0, 0.1) is 6.92 Å². The number of aromatic nitrogens is 4. The molecule has 2 aromatic heterocycles. The molecule has 0 bridgehead atoms. The molecule has 1 amide bonds. The third-order valence-corrected chi connectivity index (χ3v) is 7.61.